The third kappa shape index (κ3) is 1.89. The van der Waals surface area contributed by atoms with Crippen LogP contribution in [0.25, 0.3) is 0 Å². The third-order valence-corrected chi connectivity index (χ3v) is 1.51. The van der Waals surface area contributed by atoms with Crippen LogP contribution in [-0.4, -0.2) is 10.1 Å². The molecule has 1 heterocycles. The largest absolute Gasteiger partial charge is 0.384 e. The van der Waals surface area contributed by atoms with E-state index in [1.807, 2.05) is 0 Å². The highest BCUT2D eigenvalue weighted by molar-refractivity contribution is 5.20. The standard InChI is InChI=1S/C9H10FNO/c1-6(2)9(12)7-3-8(10)5-11-4-7/h3-5,9,12H,1H2,2H3. The Morgan fingerprint density at radius 3 is 2.83 bits per heavy atom. The van der Waals surface area contributed by atoms with Crippen molar-refractivity contribution in [2.24, 2.45) is 0 Å². The molecule has 64 valence electrons. The Kier molecular flexibility index (Phi) is 2.55. The van der Waals surface area contributed by atoms with E-state index in [2.05, 4.69) is 11.6 Å². The summed E-state index contributed by atoms with van der Waals surface area (Å²) in [5.74, 6) is -0.451. The van der Waals surface area contributed by atoms with Crippen LogP contribution in [0.15, 0.2) is 30.6 Å². The molecule has 0 fully saturated rings. The fourth-order valence-electron chi connectivity index (χ4n) is 0.862. The Bertz CT molecular complexity index is 298. The summed E-state index contributed by atoms with van der Waals surface area (Å²) in [5, 5.41) is 9.42. The van der Waals surface area contributed by atoms with Gasteiger partial charge in [-0.25, -0.2) is 4.39 Å². The van der Waals surface area contributed by atoms with Crippen molar-refractivity contribution in [1.82, 2.24) is 4.98 Å². The molecule has 0 saturated heterocycles. The molecule has 0 spiro atoms. The minimum absolute atomic E-state index is 0.433. The van der Waals surface area contributed by atoms with Crippen molar-refractivity contribution in [2.45, 2.75) is 13.0 Å². The number of pyridine rings is 1. The fourth-order valence-corrected chi connectivity index (χ4v) is 0.862. The number of aliphatic hydroxyl groups excluding tert-OH is 1. The molecule has 0 aliphatic carbocycles. The van der Waals surface area contributed by atoms with Gasteiger partial charge in [0.15, 0.2) is 0 Å². The highest BCUT2D eigenvalue weighted by Crippen LogP contribution is 2.18. The highest BCUT2D eigenvalue weighted by Gasteiger charge is 2.08. The maximum atomic E-state index is 12.6. The van der Waals surface area contributed by atoms with Gasteiger partial charge in [0.05, 0.1) is 6.20 Å². The van der Waals surface area contributed by atoms with Crippen molar-refractivity contribution in [3.05, 3.63) is 42.0 Å². The third-order valence-electron chi connectivity index (χ3n) is 1.51. The van der Waals surface area contributed by atoms with Crippen LogP contribution in [0.2, 0.25) is 0 Å². The average molecular weight is 167 g/mol. The lowest BCUT2D eigenvalue weighted by Gasteiger charge is -2.08. The molecule has 0 amide bonds. The van der Waals surface area contributed by atoms with Crippen molar-refractivity contribution >= 4 is 0 Å². The van der Waals surface area contributed by atoms with Crippen molar-refractivity contribution in [3.8, 4) is 0 Å². The fraction of sp³-hybridized carbons (Fsp3) is 0.222. The molecule has 1 aromatic heterocycles. The molecule has 1 N–H and O–H groups in total. The van der Waals surface area contributed by atoms with E-state index in [1.165, 1.54) is 12.3 Å². The Morgan fingerprint density at radius 1 is 1.67 bits per heavy atom. The first kappa shape index (κ1) is 8.87. The number of hydrogen-bond donors (Lipinski definition) is 1. The molecule has 0 aromatic carbocycles. The predicted molar refractivity (Wildman–Crippen MR) is 44.0 cm³/mol. The van der Waals surface area contributed by atoms with Crippen LogP contribution in [0, 0.1) is 5.82 Å². The number of nitrogens with zero attached hydrogens (tertiary/aromatic N) is 1. The molecule has 0 aliphatic rings. The summed E-state index contributed by atoms with van der Waals surface area (Å²) in [6, 6.07) is 1.24. The van der Waals surface area contributed by atoms with Crippen LogP contribution in [0.1, 0.15) is 18.6 Å². The SMILES string of the molecule is C=C(C)C(O)c1cncc(F)c1. The van der Waals surface area contributed by atoms with E-state index in [0.29, 0.717) is 11.1 Å². The van der Waals surface area contributed by atoms with Gasteiger partial charge >= 0.3 is 0 Å². The van der Waals surface area contributed by atoms with E-state index >= 15 is 0 Å². The lowest BCUT2D eigenvalue weighted by Crippen LogP contribution is -1.99. The maximum Gasteiger partial charge on any atom is 0.141 e. The lowest BCUT2D eigenvalue weighted by atomic mass is 10.1. The monoisotopic (exact) mass is 167 g/mol. The van der Waals surface area contributed by atoms with E-state index in [9.17, 15) is 9.50 Å². The molecule has 0 saturated carbocycles. The van der Waals surface area contributed by atoms with Crippen LogP contribution in [0.4, 0.5) is 4.39 Å². The normalized spacial score (nSPS) is 12.6. The van der Waals surface area contributed by atoms with Gasteiger partial charge in [-0.05, 0) is 18.6 Å². The number of hydrogen-bond acceptors (Lipinski definition) is 2. The van der Waals surface area contributed by atoms with Gasteiger partial charge in [-0.1, -0.05) is 6.58 Å². The molecule has 0 aliphatic heterocycles. The molecule has 0 radical (unpaired) electrons. The molecule has 1 aromatic rings. The van der Waals surface area contributed by atoms with Gasteiger partial charge in [0.25, 0.3) is 0 Å². The van der Waals surface area contributed by atoms with Crippen molar-refractivity contribution in [3.63, 3.8) is 0 Å². The van der Waals surface area contributed by atoms with Crippen molar-refractivity contribution in [1.29, 1.82) is 0 Å². The van der Waals surface area contributed by atoms with Crippen molar-refractivity contribution in [2.75, 3.05) is 0 Å². The maximum absolute atomic E-state index is 12.6. The van der Waals surface area contributed by atoms with Crippen LogP contribution in [-0.2, 0) is 0 Å². The Morgan fingerprint density at radius 2 is 2.33 bits per heavy atom. The highest BCUT2D eigenvalue weighted by atomic mass is 19.1. The van der Waals surface area contributed by atoms with E-state index < -0.39 is 11.9 Å². The number of rotatable bonds is 2. The molecular formula is C9H10FNO. The second-order valence-electron chi connectivity index (χ2n) is 2.69. The molecule has 12 heavy (non-hydrogen) atoms. The van der Waals surface area contributed by atoms with Crippen LogP contribution >= 0.6 is 0 Å². The first-order chi connectivity index (χ1) is 5.61. The molecule has 2 nitrogen and oxygen atoms in total. The number of aromatic nitrogens is 1. The minimum atomic E-state index is -0.826. The van der Waals surface area contributed by atoms with Gasteiger partial charge in [-0.3, -0.25) is 4.98 Å². The number of halogens is 1. The average Bonchev–Trinajstić information content (AvgIpc) is 2.03. The molecular weight excluding hydrogens is 157 g/mol. The van der Waals surface area contributed by atoms with Gasteiger partial charge in [0, 0.05) is 11.8 Å². The van der Waals surface area contributed by atoms with E-state index in [1.54, 1.807) is 6.92 Å². The van der Waals surface area contributed by atoms with Gasteiger partial charge in [-0.15, -0.1) is 0 Å². The molecule has 3 heteroatoms. The molecule has 0 bridgehead atoms. The zero-order chi connectivity index (χ0) is 9.14. The van der Waals surface area contributed by atoms with E-state index in [0.717, 1.165) is 6.20 Å². The summed E-state index contributed by atoms with van der Waals surface area (Å²) in [6.07, 6.45) is 1.69. The molecule has 1 unspecified atom stereocenters. The van der Waals surface area contributed by atoms with Crippen LogP contribution < -0.4 is 0 Å². The first-order valence-corrected chi connectivity index (χ1v) is 3.55. The Labute approximate surface area is 70.4 Å². The van der Waals surface area contributed by atoms with Gasteiger partial charge in [0.1, 0.15) is 11.9 Å². The summed E-state index contributed by atoms with van der Waals surface area (Å²) in [5.41, 5.74) is 1.00. The Balaban J connectivity index is 2.95. The van der Waals surface area contributed by atoms with Gasteiger partial charge in [-0.2, -0.15) is 0 Å². The summed E-state index contributed by atoms with van der Waals surface area (Å²) in [4.78, 5) is 3.61. The summed E-state index contributed by atoms with van der Waals surface area (Å²) in [6.45, 7) is 5.24. The summed E-state index contributed by atoms with van der Waals surface area (Å²) < 4.78 is 12.6. The predicted octanol–water partition coefficient (Wildman–Crippen LogP) is 1.83. The van der Waals surface area contributed by atoms with Gasteiger partial charge in [0.2, 0.25) is 0 Å². The van der Waals surface area contributed by atoms with Crippen LogP contribution in [0.3, 0.4) is 0 Å². The molecule has 1 atom stereocenters. The van der Waals surface area contributed by atoms with E-state index in [4.69, 9.17) is 0 Å². The lowest BCUT2D eigenvalue weighted by molar-refractivity contribution is 0.215. The van der Waals surface area contributed by atoms with E-state index in [-0.39, 0.29) is 0 Å². The van der Waals surface area contributed by atoms with Crippen molar-refractivity contribution < 1.29 is 9.50 Å². The minimum Gasteiger partial charge on any atom is -0.384 e. The van der Waals surface area contributed by atoms with Crippen LogP contribution in [0.5, 0.6) is 0 Å². The summed E-state index contributed by atoms with van der Waals surface area (Å²) >= 11 is 0. The zero-order valence-corrected chi connectivity index (χ0v) is 6.79. The summed E-state index contributed by atoms with van der Waals surface area (Å²) in [7, 11) is 0. The first-order valence-electron chi connectivity index (χ1n) is 3.55. The second-order valence-corrected chi connectivity index (χ2v) is 2.69. The number of aliphatic hydroxyl groups is 1. The topological polar surface area (TPSA) is 33.1 Å². The smallest absolute Gasteiger partial charge is 0.141 e. The molecule has 1 rings (SSSR count). The quantitative estimate of drug-likeness (QED) is 0.681. The zero-order valence-electron chi connectivity index (χ0n) is 6.79. The van der Waals surface area contributed by atoms with Gasteiger partial charge < -0.3 is 5.11 Å². The Hall–Kier alpha value is -1.22. The second kappa shape index (κ2) is 3.45.